The lowest BCUT2D eigenvalue weighted by Gasteiger charge is -2.11. The number of benzene rings is 3. The molecule has 0 bridgehead atoms. The highest BCUT2D eigenvalue weighted by atomic mass is 35.5. The fourth-order valence-electron chi connectivity index (χ4n) is 2.44. The minimum absolute atomic E-state index is 0.472. The van der Waals surface area contributed by atoms with Crippen molar-refractivity contribution in [1.29, 1.82) is 0 Å². The molecule has 0 aliphatic carbocycles. The molecule has 0 aromatic heterocycles. The largest absolute Gasteiger partial charge is 0.493 e. The van der Waals surface area contributed by atoms with Crippen LogP contribution in [0.25, 0.3) is 0 Å². The topological polar surface area (TPSA) is 42.8 Å². The first-order valence-electron chi connectivity index (χ1n) is 8.55. The van der Waals surface area contributed by atoms with Crippen LogP contribution in [0.15, 0.2) is 71.8 Å². The molecular weight excluding hydrogens is 360 g/mol. The van der Waals surface area contributed by atoms with Crippen LogP contribution >= 0.6 is 11.6 Å². The molecule has 3 rings (SSSR count). The second-order valence-electron chi connectivity index (χ2n) is 6.06. The van der Waals surface area contributed by atoms with E-state index in [1.807, 2.05) is 42.5 Å². The number of hydrazone groups is 1. The Morgan fingerprint density at radius 1 is 0.963 bits per heavy atom. The minimum atomic E-state index is 0.472. The highest BCUT2D eigenvalue weighted by Gasteiger charge is 2.06. The van der Waals surface area contributed by atoms with Crippen molar-refractivity contribution >= 4 is 23.5 Å². The lowest BCUT2D eigenvalue weighted by Crippen LogP contribution is -1.99. The maximum atomic E-state index is 5.95. The third-order valence-electron chi connectivity index (χ3n) is 3.95. The SMILES string of the molecule is COc1ccc(/C=N/Nc2ccc(Cl)cc2)cc1OCc1ccc(C)cc1. The van der Waals surface area contributed by atoms with Gasteiger partial charge in [0, 0.05) is 5.02 Å². The quantitative estimate of drug-likeness (QED) is 0.423. The summed E-state index contributed by atoms with van der Waals surface area (Å²) in [5, 5.41) is 4.94. The molecule has 0 heterocycles. The Morgan fingerprint density at radius 3 is 2.41 bits per heavy atom. The average molecular weight is 381 g/mol. The molecule has 5 heteroatoms. The predicted molar refractivity (Wildman–Crippen MR) is 111 cm³/mol. The summed E-state index contributed by atoms with van der Waals surface area (Å²) in [7, 11) is 1.63. The molecule has 0 saturated heterocycles. The first-order chi connectivity index (χ1) is 13.1. The molecule has 0 saturated carbocycles. The van der Waals surface area contributed by atoms with Gasteiger partial charge in [-0.3, -0.25) is 5.43 Å². The number of aryl methyl sites for hydroxylation is 1. The lowest BCUT2D eigenvalue weighted by atomic mass is 10.1. The van der Waals surface area contributed by atoms with Gasteiger partial charge in [-0.2, -0.15) is 5.10 Å². The number of hydrogen-bond donors (Lipinski definition) is 1. The zero-order chi connectivity index (χ0) is 19.1. The second-order valence-corrected chi connectivity index (χ2v) is 6.50. The van der Waals surface area contributed by atoms with E-state index >= 15 is 0 Å². The zero-order valence-corrected chi connectivity index (χ0v) is 16.0. The Balaban J connectivity index is 1.67. The van der Waals surface area contributed by atoms with Crippen LogP contribution in [0.4, 0.5) is 5.69 Å². The van der Waals surface area contributed by atoms with Crippen LogP contribution in [0.3, 0.4) is 0 Å². The van der Waals surface area contributed by atoms with Crippen LogP contribution in [0, 0.1) is 6.92 Å². The van der Waals surface area contributed by atoms with E-state index in [1.54, 1.807) is 13.3 Å². The van der Waals surface area contributed by atoms with Gasteiger partial charge >= 0.3 is 0 Å². The maximum absolute atomic E-state index is 5.95. The Morgan fingerprint density at radius 2 is 1.70 bits per heavy atom. The summed E-state index contributed by atoms with van der Waals surface area (Å²) in [6.45, 7) is 2.54. The predicted octanol–water partition coefficient (Wildman–Crippen LogP) is 5.68. The summed E-state index contributed by atoms with van der Waals surface area (Å²) in [5.74, 6) is 1.36. The first kappa shape index (κ1) is 18.8. The van der Waals surface area contributed by atoms with Crippen LogP contribution in [0.2, 0.25) is 5.02 Å². The van der Waals surface area contributed by atoms with Crippen LogP contribution in [0.5, 0.6) is 11.5 Å². The van der Waals surface area contributed by atoms with Crippen molar-refractivity contribution in [3.05, 3.63) is 88.4 Å². The van der Waals surface area contributed by atoms with E-state index in [0.29, 0.717) is 23.1 Å². The number of anilines is 1. The third-order valence-corrected chi connectivity index (χ3v) is 4.21. The molecule has 1 N–H and O–H groups in total. The smallest absolute Gasteiger partial charge is 0.162 e. The highest BCUT2D eigenvalue weighted by molar-refractivity contribution is 6.30. The molecule has 4 nitrogen and oxygen atoms in total. The second kappa shape index (κ2) is 9.10. The average Bonchev–Trinajstić information content (AvgIpc) is 2.69. The van der Waals surface area contributed by atoms with Crippen LogP contribution < -0.4 is 14.9 Å². The van der Waals surface area contributed by atoms with E-state index in [2.05, 4.69) is 41.7 Å². The summed E-state index contributed by atoms with van der Waals surface area (Å²) in [6.07, 6.45) is 1.73. The fraction of sp³-hybridized carbons (Fsp3) is 0.136. The van der Waals surface area contributed by atoms with Gasteiger partial charge in [0.2, 0.25) is 0 Å². The van der Waals surface area contributed by atoms with Crippen molar-refractivity contribution in [2.75, 3.05) is 12.5 Å². The van der Waals surface area contributed by atoms with Crippen LogP contribution in [0.1, 0.15) is 16.7 Å². The number of methoxy groups -OCH3 is 1. The summed E-state index contributed by atoms with van der Waals surface area (Å²) in [5.41, 5.74) is 7.06. The number of nitrogens with zero attached hydrogens (tertiary/aromatic N) is 1. The zero-order valence-electron chi connectivity index (χ0n) is 15.3. The van der Waals surface area contributed by atoms with Crippen molar-refractivity contribution in [3.63, 3.8) is 0 Å². The number of ether oxygens (including phenoxy) is 2. The molecule has 0 amide bonds. The Labute approximate surface area is 164 Å². The summed E-state index contributed by atoms with van der Waals surface area (Å²) >= 11 is 5.88. The number of halogens is 1. The molecule has 0 aliphatic rings. The molecule has 0 radical (unpaired) electrons. The van der Waals surface area contributed by atoms with E-state index in [1.165, 1.54) is 5.56 Å². The van der Waals surface area contributed by atoms with Gasteiger partial charge in [-0.15, -0.1) is 0 Å². The van der Waals surface area contributed by atoms with Crippen molar-refractivity contribution < 1.29 is 9.47 Å². The van der Waals surface area contributed by atoms with Crippen molar-refractivity contribution in [2.24, 2.45) is 5.10 Å². The molecular formula is C22H21ClN2O2. The van der Waals surface area contributed by atoms with Gasteiger partial charge in [-0.1, -0.05) is 41.4 Å². The molecule has 0 atom stereocenters. The number of hydrogen-bond acceptors (Lipinski definition) is 4. The number of nitrogens with one attached hydrogen (secondary N) is 1. The van der Waals surface area contributed by atoms with Crippen molar-refractivity contribution in [1.82, 2.24) is 0 Å². The standard InChI is InChI=1S/C22H21ClN2O2/c1-16-3-5-17(6-4-16)15-27-22-13-18(7-12-21(22)26-2)14-24-25-20-10-8-19(23)9-11-20/h3-14,25H,15H2,1-2H3/b24-14+. The first-order valence-corrected chi connectivity index (χ1v) is 8.93. The van der Waals surface area contributed by atoms with Gasteiger partial charge in [-0.25, -0.2) is 0 Å². The molecule has 3 aromatic rings. The van der Waals surface area contributed by atoms with Gasteiger partial charge in [0.1, 0.15) is 6.61 Å². The summed E-state index contributed by atoms with van der Waals surface area (Å²) in [4.78, 5) is 0. The molecule has 0 unspecified atom stereocenters. The van der Waals surface area contributed by atoms with Crippen molar-refractivity contribution in [3.8, 4) is 11.5 Å². The van der Waals surface area contributed by atoms with E-state index in [9.17, 15) is 0 Å². The highest BCUT2D eigenvalue weighted by Crippen LogP contribution is 2.28. The van der Waals surface area contributed by atoms with E-state index in [0.717, 1.165) is 16.8 Å². The van der Waals surface area contributed by atoms with E-state index in [-0.39, 0.29) is 0 Å². The lowest BCUT2D eigenvalue weighted by molar-refractivity contribution is 0.284. The summed E-state index contributed by atoms with van der Waals surface area (Å²) in [6, 6.07) is 21.3. The van der Waals surface area contributed by atoms with Crippen LogP contribution in [-0.2, 0) is 6.61 Å². The van der Waals surface area contributed by atoms with Crippen LogP contribution in [-0.4, -0.2) is 13.3 Å². The molecule has 138 valence electrons. The summed E-state index contributed by atoms with van der Waals surface area (Å²) < 4.78 is 11.3. The Hall–Kier alpha value is -2.98. The minimum Gasteiger partial charge on any atom is -0.493 e. The Bertz CT molecular complexity index is 907. The van der Waals surface area contributed by atoms with Gasteiger partial charge in [0.05, 0.1) is 19.0 Å². The third kappa shape index (κ3) is 5.50. The molecule has 3 aromatic carbocycles. The van der Waals surface area contributed by atoms with E-state index < -0.39 is 0 Å². The molecule has 27 heavy (non-hydrogen) atoms. The molecule has 0 fully saturated rings. The van der Waals surface area contributed by atoms with E-state index in [4.69, 9.17) is 21.1 Å². The van der Waals surface area contributed by atoms with Gasteiger partial charge in [0.15, 0.2) is 11.5 Å². The van der Waals surface area contributed by atoms with Gasteiger partial charge in [0.25, 0.3) is 0 Å². The maximum Gasteiger partial charge on any atom is 0.162 e. The molecule has 0 spiro atoms. The fourth-order valence-corrected chi connectivity index (χ4v) is 2.56. The Kier molecular flexibility index (Phi) is 6.34. The molecule has 0 aliphatic heterocycles. The monoisotopic (exact) mass is 380 g/mol. The van der Waals surface area contributed by atoms with Gasteiger partial charge in [-0.05, 0) is 60.5 Å². The van der Waals surface area contributed by atoms with Gasteiger partial charge < -0.3 is 9.47 Å². The normalized spacial score (nSPS) is 10.8. The number of rotatable bonds is 7. The van der Waals surface area contributed by atoms with Crippen molar-refractivity contribution in [2.45, 2.75) is 13.5 Å².